The highest BCUT2D eigenvalue weighted by Crippen LogP contribution is 2.35. The number of hydrogen-bond acceptors (Lipinski definition) is 3. The molecule has 5 nitrogen and oxygen atoms in total. The lowest BCUT2D eigenvalue weighted by molar-refractivity contribution is -0.130. The molecule has 0 bridgehead atoms. The van der Waals surface area contributed by atoms with Crippen molar-refractivity contribution in [2.24, 2.45) is 0 Å². The molecule has 0 unspecified atom stereocenters. The molecule has 2 aromatic carbocycles. The van der Waals surface area contributed by atoms with Crippen molar-refractivity contribution in [1.29, 1.82) is 0 Å². The molecule has 5 heteroatoms. The van der Waals surface area contributed by atoms with Crippen molar-refractivity contribution in [2.75, 3.05) is 0 Å². The quantitative estimate of drug-likeness (QED) is 0.568. The van der Waals surface area contributed by atoms with Gasteiger partial charge in [-0.1, -0.05) is 42.8 Å². The first-order chi connectivity index (χ1) is 14.1. The van der Waals surface area contributed by atoms with E-state index in [1.165, 1.54) is 5.56 Å². The van der Waals surface area contributed by atoms with Gasteiger partial charge >= 0.3 is 0 Å². The topological polar surface area (TPSA) is 47.4 Å². The van der Waals surface area contributed by atoms with Crippen LogP contribution >= 0.6 is 0 Å². The molecule has 1 aliphatic carbocycles. The molecule has 0 atom stereocenters. The van der Waals surface area contributed by atoms with E-state index in [9.17, 15) is 4.79 Å². The average molecular weight is 389 g/mol. The smallest absolute Gasteiger partial charge is 0.227 e. The van der Waals surface area contributed by atoms with Gasteiger partial charge in [0.25, 0.3) is 0 Å². The van der Waals surface area contributed by atoms with E-state index >= 15 is 0 Å². The van der Waals surface area contributed by atoms with Gasteiger partial charge in [0.1, 0.15) is 5.75 Å². The number of rotatable bonds is 7. The minimum absolute atomic E-state index is 0.100. The summed E-state index contributed by atoms with van der Waals surface area (Å²) < 4.78 is 8.24. The van der Waals surface area contributed by atoms with Gasteiger partial charge in [0.05, 0.1) is 23.5 Å². The fourth-order valence-corrected chi connectivity index (χ4v) is 3.54. The second kappa shape index (κ2) is 8.11. The molecule has 150 valence electrons. The summed E-state index contributed by atoms with van der Waals surface area (Å²) in [4.78, 5) is 14.2. The van der Waals surface area contributed by atoms with Crippen LogP contribution in [-0.4, -0.2) is 26.6 Å². The van der Waals surface area contributed by atoms with Crippen LogP contribution in [0.5, 0.6) is 11.6 Å². The van der Waals surface area contributed by atoms with Gasteiger partial charge in [-0.05, 0) is 50.5 Å². The lowest BCUT2D eigenvalue weighted by atomic mass is 10.1. The Kier molecular flexibility index (Phi) is 5.38. The number of benzene rings is 2. The monoisotopic (exact) mass is 389 g/mol. The standard InChI is InChI=1S/C24H27N3O2/c1-4-23-22(16-26(18(3)28)19-12-13-19)24(29-21-14-10-17(2)11-15-21)27(25-23)20-8-6-5-7-9-20/h5-11,14-15,19H,4,12-13,16H2,1-3H3. The van der Waals surface area contributed by atoms with Crippen LogP contribution in [0.25, 0.3) is 5.69 Å². The summed E-state index contributed by atoms with van der Waals surface area (Å²) in [5.74, 6) is 1.55. The van der Waals surface area contributed by atoms with Crippen molar-refractivity contribution >= 4 is 5.91 Å². The molecular weight excluding hydrogens is 362 g/mol. The second-order valence-corrected chi connectivity index (χ2v) is 7.62. The Balaban J connectivity index is 1.80. The molecule has 1 amide bonds. The molecule has 1 fully saturated rings. The maximum absolute atomic E-state index is 12.3. The van der Waals surface area contributed by atoms with Gasteiger partial charge in [0.2, 0.25) is 11.8 Å². The van der Waals surface area contributed by atoms with Crippen molar-refractivity contribution in [3.05, 3.63) is 71.4 Å². The first-order valence-electron chi connectivity index (χ1n) is 10.2. The third kappa shape index (κ3) is 4.19. The van der Waals surface area contributed by atoms with E-state index in [0.29, 0.717) is 18.5 Å². The molecule has 1 aliphatic rings. The van der Waals surface area contributed by atoms with Gasteiger partial charge < -0.3 is 9.64 Å². The van der Waals surface area contributed by atoms with E-state index in [-0.39, 0.29) is 5.91 Å². The minimum Gasteiger partial charge on any atom is -0.439 e. The molecule has 1 saturated carbocycles. The number of aromatic nitrogens is 2. The molecule has 0 aliphatic heterocycles. The van der Waals surface area contributed by atoms with E-state index < -0.39 is 0 Å². The van der Waals surface area contributed by atoms with Crippen molar-refractivity contribution in [2.45, 2.75) is 52.6 Å². The number of nitrogens with zero attached hydrogens (tertiary/aromatic N) is 3. The van der Waals surface area contributed by atoms with E-state index in [4.69, 9.17) is 9.84 Å². The van der Waals surface area contributed by atoms with E-state index in [1.807, 2.05) is 64.2 Å². The van der Waals surface area contributed by atoms with Gasteiger partial charge in [-0.25, -0.2) is 4.68 Å². The zero-order valence-corrected chi connectivity index (χ0v) is 17.3. The molecule has 1 heterocycles. The molecule has 0 N–H and O–H groups in total. The molecular formula is C24H27N3O2. The van der Waals surface area contributed by atoms with E-state index in [1.54, 1.807) is 6.92 Å². The highest BCUT2D eigenvalue weighted by molar-refractivity contribution is 5.74. The molecule has 29 heavy (non-hydrogen) atoms. The Morgan fingerprint density at radius 3 is 2.41 bits per heavy atom. The van der Waals surface area contributed by atoms with Crippen LogP contribution in [0.4, 0.5) is 0 Å². The van der Waals surface area contributed by atoms with Crippen LogP contribution in [0.3, 0.4) is 0 Å². The van der Waals surface area contributed by atoms with E-state index in [0.717, 1.165) is 42.0 Å². The molecule has 4 rings (SSSR count). The van der Waals surface area contributed by atoms with Crippen LogP contribution in [0, 0.1) is 6.92 Å². The second-order valence-electron chi connectivity index (χ2n) is 7.62. The molecule has 0 radical (unpaired) electrons. The predicted molar refractivity (Wildman–Crippen MR) is 113 cm³/mol. The van der Waals surface area contributed by atoms with Crippen molar-refractivity contribution in [3.63, 3.8) is 0 Å². The lowest BCUT2D eigenvalue weighted by Gasteiger charge is -2.21. The Bertz CT molecular complexity index is 989. The van der Waals surface area contributed by atoms with Crippen molar-refractivity contribution < 1.29 is 9.53 Å². The fraction of sp³-hybridized carbons (Fsp3) is 0.333. The summed E-state index contributed by atoms with van der Waals surface area (Å²) in [7, 11) is 0. The zero-order valence-electron chi connectivity index (χ0n) is 17.3. The number of aryl methyl sites for hydroxylation is 2. The van der Waals surface area contributed by atoms with Crippen LogP contribution < -0.4 is 4.74 Å². The summed E-state index contributed by atoms with van der Waals surface area (Å²) in [6.07, 6.45) is 2.92. The van der Waals surface area contributed by atoms with Gasteiger partial charge in [-0.3, -0.25) is 4.79 Å². The lowest BCUT2D eigenvalue weighted by Crippen LogP contribution is -2.30. The average Bonchev–Trinajstić information content (AvgIpc) is 3.51. The summed E-state index contributed by atoms with van der Waals surface area (Å²) >= 11 is 0. The summed E-state index contributed by atoms with van der Waals surface area (Å²) in [5, 5.41) is 4.86. The Labute approximate surface area is 171 Å². The number of hydrogen-bond donors (Lipinski definition) is 0. The van der Waals surface area contributed by atoms with Crippen LogP contribution in [0.2, 0.25) is 0 Å². The van der Waals surface area contributed by atoms with Crippen LogP contribution in [-0.2, 0) is 17.8 Å². The zero-order chi connectivity index (χ0) is 20.4. The Hall–Kier alpha value is -3.08. The first-order valence-corrected chi connectivity index (χ1v) is 10.2. The fourth-order valence-electron chi connectivity index (χ4n) is 3.54. The maximum atomic E-state index is 12.3. The molecule has 0 saturated heterocycles. The third-order valence-corrected chi connectivity index (χ3v) is 5.31. The van der Waals surface area contributed by atoms with Gasteiger partial charge in [-0.15, -0.1) is 0 Å². The molecule has 3 aromatic rings. The van der Waals surface area contributed by atoms with Gasteiger partial charge in [0.15, 0.2) is 0 Å². The van der Waals surface area contributed by atoms with Crippen LogP contribution in [0.15, 0.2) is 54.6 Å². The summed E-state index contributed by atoms with van der Waals surface area (Å²) in [6, 6.07) is 18.3. The number of ether oxygens (including phenoxy) is 1. The Morgan fingerprint density at radius 1 is 1.14 bits per heavy atom. The first kappa shape index (κ1) is 19.2. The van der Waals surface area contributed by atoms with Gasteiger partial charge in [-0.2, -0.15) is 5.10 Å². The summed E-state index contributed by atoms with van der Waals surface area (Å²) in [5.41, 5.74) is 4.07. The van der Waals surface area contributed by atoms with Gasteiger partial charge in [0, 0.05) is 13.0 Å². The predicted octanol–water partition coefficient (Wildman–Crippen LogP) is 5.05. The molecule has 1 aromatic heterocycles. The molecule has 0 spiro atoms. The normalized spacial score (nSPS) is 13.3. The number of para-hydroxylation sites is 1. The summed E-state index contributed by atoms with van der Waals surface area (Å²) in [6.45, 7) is 6.31. The number of amides is 1. The highest BCUT2D eigenvalue weighted by atomic mass is 16.5. The number of carbonyl (C=O) groups is 1. The van der Waals surface area contributed by atoms with Crippen molar-refractivity contribution in [1.82, 2.24) is 14.7 Å². The third-order valence-electron chi connectivity index (χ3n) is 5.31. The maximum Gasteiger partial charge on any atom is 0.227 e. The van der Waals surface area contributed by atoms with E-state index in [2.05, 4.69) is 13.8 Å². The SMILES string of the molecule is CCc1nn(-c2ccccc2)c(Oc2ccc(C)cc2)c1CN(C(C)=O)C1CC1. The highest BCUT2D eigenvalue weighted by Gasteiger charge is 2.33. The van der Waals surface area contributed by atoms with Crippen molar-refractivity contribution in [3.8, 4) is 17.3 Å². The van der Waals surface area contributed by atoms with Crippen LogP contribution in [0.1, 0.15) is 43.5 Å². The Morgan fingerprint density at radius 2 is 1.83 bits per heavy atom. The minimum atomic E-state index is 0.100. The largest absolute Gasteiger partial charge is 0.439 e. The number of carbonyl (C=O) groups excluding carboxylic acids is 1.